The van der Waals surface area contributed by atoms with E-state index >= 15 is 0 Å². The van der Waals surface area contributed by atoms with Crippen LogP contribution in [-0.2, 0) is 10.2 Å². The van der Waals surface area contributed by atoms with Gasteiger partial charge in [0.05, 0.1) is 30.6 Å². The largest absolute Gasteiger partial charge is 0.379 e. The highest BCUT2D eigenvalue weighted by molar-refractivity contribution is 5.75. The third-order valence-electron chi connectivity index (χ3n) is 4.44. The number of aromatic nitrogens is 2. The van der Waals surface area contributed by atoms with Gasteiger partial charge in [0, 0.05) is 5.41 Å². The predicted octanol–water partition coefficient (Wildman–Crippen LogP) is 2.08. The first kappa shape index (κ1) is 12.6. The van der Waals surface area contributed by atoms with Crippen molar-refractivity contribution in [2.45, 2.75) is 18.8 Å². The quantitative estimate of drug-likeness (QED) is 0.864. The number of ether oxygens (including phenoxy) is 1. The van der Waals surface area contributed by atoms with Crippen LogP contribution in [-0.4, -0.2) is 36.8 Å². The Hall–Kier alpha value is -1.39. The molecule has 1 atom stereocenters. The first-order chi connectivity index (χ1) is 9.30. The molecule has 0 radical (unpaired) electrons. The van der Waals surface area contributed by atoms with Crippen LogP contribution in [0.1, 0.15) is 18.9 Å². The summed E-state index contributed by atoms with van der Waals surface area (Å²) in [4.78, 5) is 7.49. The Kier molecular flexibility index (Phi) is 3.29. The summed E-state index contributed by atoms with van der Waals surface area (Å²) in [6.45, 7) is 4.94. The zero-order chi connectivity index (χ0) is 13.3. The predicted molar refractivity (Wildman–Crippen MR) is 76.3 cm³/mol. The second-order valence-electron chi connectivity index (χ2n) is 5.45. The molecule has 1 aromatic heterocycles. The molecule has 0 spiro atoms. The van der Waals surface area contributed by atoms with Crippen LogP contribution in [0.25, 0.3) is 11.0 Å². The molecule has 0 aliphatic carbocycles. The lowest BCUT2D eigenvalue weighted by atomic mass is 9.67. The van der Waals surface area contributed by atoms with Crippen molar-refractivity contribution in [3.05, 3.63) is 30.1 Å². The lowest BCUT2D eigenvalue weighted by Gasteiger charge is -2.47. The van der Waals surface area contributed by atoms with E-state index in [9.17, 15) is 0 Å². The number of rotatable bonds is 5. The number of imidazole rings is 1. The van der Waals surface area contributed by atoms with Gasteiger partial charge in [0.25, 0.3) is 0 Å². The van der Waals surface area contributed by atoms with E-state index in [1.54, 1.807) is 6.33 Å². The van der Waals surface area contributed by atoms with Crippen molar-refractivity contribution in [3.63, 3.8) is 0 Å². The van der Waals surface area contributed by atoms with Gasteiger partial charge >= 0.3 is 0 Å². The Labute approximate surface area is 113 Å². The summed E-state index contributed by atoms with van der Waals surface area (Å²) in [5.41, 5.74) is 3.68. The second-order valence-corrected chi connectivity index (χ2v) is 5.45. The number of hydrogen-bond acceptors (Lipinski definition) is 3. The average molecular weight is 259 g/mol. The molecule has 1 aliphatic rings. The van der Waals surface area contributed by atoms with Gasteiger partial charge in [0.15, 0.2) is 0 Å². The zero-order valence-electron chi connectivity index (χ0n) is 11.6. The van der Waals surface area contributed by atoms with Crippen LogP contribution in [0.2, 0.25) is 0 Å². The monoisotopic (exact) mass is 259 g/mol. The van der Waals surface area contributed by atoms with Crippen molar-refractivity contribution in [1.29, 1.82) is 0 Å². The molecule has 1 aromatic carbocycles. The molecule has 102 valence electrons. The van der Waals surface area contributed by atoms with Gasteiger partial charge in [-0.1, -0.05) is 19.4 Å². The summed E-state index contributed by atoms with van der Waals surface area (Å²) < 4.78 is 5.56. The average Bonchev–Trinajstić information content (AvgIpc) is 2.84. The Morgan fingerprint density at radius 2 is 2.32 bits per heavy atom. The van der Waals surface area contributed by atoms with E-state index < -0.39 is 0 Å². The topological polar surface area (TPSA) is 49.9 Å². The third-order valence-corrected chi connectivity index (χ3v) is 4.44. The summed E-state index contributed by atoms with van der Waals surface area (Å²) in [6, 6.07) is 6.56. The maximum atomic E-state index is 5.56. The highest BCUT2D eigenvalue weighted by atomic mass is 16.5. The van der Waals surface area contributed by atoms with Crippen LogP contribution in [0.3, 0.4) is 0 Å². The van der Waals surface area contributed by atoms with Crippen molar-refractivity contribution in [1.82, 2.24) is 15.3 Å². The number of fused-ring (bicyclic) bond motifs is 1. The minimum absolute atomic E-state index is 0.164. The molecule has 1 unspecified atom stereocenters. The highest BCUT2D eigenvalue weighted by Crippen LogP contribution is 2.41. The molecule has 19 heavy (non-hydrogen) atoms. The van der Waals surface area contributed by atoms with Crippen molar-refractivity contribution in [2.24, 2.45) is 5.92 Å². The Morgan fingerprint density at radius 1 is 1.47 bits per heavy atom. The van der Waals surface area contributed by atoms with E-state index in [-0.39, 0.29) is 5.41 Å². The lowest BCUT2D eigenvalue weighted by Crippen LogP contribution is -2.54. The van der Waals surface area contributed by atoms with Crippen molar-refractivity contribution in [2.75, 3.05) is 26.8 Å². The number of aromatic amines is 1. The van der Waals surface area contributed by atoms with Crippen LogP contribution >= 0.6 is 0 Å². The van der Waals surface area contributed by atoms with E-state index in [1.165, 1.54) is 5.56 Å². The molecule has 1 aliphatic heterocycles. The van der Waals surface area contributed by atoms with Crippen LogP contribution in [0, 0.1) is 5.92 Å². The molecule has 3 rings (SSSR count). The van der Waals surface area contributed by atoms with Gasteiger partial charge in [0.1, 0.15) is 0 Å². The zero-order valence-corrected chi connectivity index (χ0v) is 11.6. The van der Waals surface area contributed by atoms with Crippen molar-refractivity contribution >= 4 is 11.0 Å². The fourth-order valence-electron chi connectivity index (χ4n) is 3.18. The van der Waals surface area contributed by atoms with Gasteiger partial charge in [0.2, 0.25) is 0 Å². The summed E-state index contributed by atoms with van der Waals surface area (Å²) in [6.07, 6.45) is 2.91. The molecule has 4 heteroatoms. The maximum absolute atomic E-state index is 5.56. The minimum atomic E-state index is 0.164. The smallest absolute Gasteiger partial charge is 0.0931 e. The molecule has 2 aromatic rings. The fourth-order valence-corrected chi connectivity index (χ4v) is 3.18. The summed E-state index contributed by atoms with van der Waals surface area (Å²) in [5.74, 6) is 0.603. The van der Waals surface area contributed by atoms with Crippen LogP contribution in [0.15, 0.2) is 24.5 Å². The molecule has 1 saturated heterocycles. The maximum Gasteiger partial charge on any atom is 0.0931 e. The molecule has 2 N–H and O–H groups in total. The summed E-state index contributed by atoms with van der Waals surface area (Å²) in [5, 5.41) is 3.32. The number of benzene rings is 1. The number of nitrogens with zero attached hydrogens (tertiary/aromatic N) is 1. The summed E-state index contributed by atoms with van der Waals surface area (Å²) in [7, 11) is 2.02. The summed E-state index contributed by atoms with van der Waals surface area (Å²) >= 11 is 0. The Morgan fingerprint density at radius 3 is 2.95 bits per heavy atom. The van der Waals surface area contributed by atoms with Gasteiger partial charge in [-0.25, -0.2) is 4.98 Å². The van der Waals surface area contributed by atoms with Crippen LogP contribution < -0.4 is 5.32 Å². The van der Waals surface area contributed by atoms with Gasteiger partial charge in [-0.3, -0.25) is 0 Å². The second kappa shape index (κ2) is 4.94. The fraction of sp³-hybridized carbons (Fsp3) is 0.533. The van der Waals surface area contributed by atoms with E-state index in [0.29, 0.717) is 5.92 Å². The van der Waals surface area contributed by atoms with Crippen molar-refractivity contribution in [3.8, 4) is 0 Å². The van der Waals surface area contributed by atoms with Gasteiger partial charge in [-0.15, -0.1) is 0 Å². The lowest BCUT2D eigenvalue weighted by molar-refractivity contribution is -0.0909. The first-order valence-corrected chi connectivity index (χ1v) is 6.96. The molecular formula is C15H21N3O. The Balaban J connectivity index is 2.00. The standard InChI is InChI=1S/C15H21N3O/c1-3-11(7-16-2)15(8-19-9-15)12-4-5-13-14(6-12)18-10-17-13/h4-6,10-11,16H,3,7-9H2,1-2H3,(H,17,18). The molecule has 2 heterocycles. The number of hydrogen-bond donors (Lipinski definition) is 2. The SMILES string of the molecule is CCC(CNC)C1(c2ccc3nc[nH]c3c2)COC1. The normalized spacial score (nSPS) is 19.3. The van der Waals surface area contributed by atoms with E-state index in [0.717, 1.165) is 37.2 Å². The molecular weight excluding hydrogens is 238 g/mol. The van der Waals surface area contributed by atoms with Gasteiger partial charge in [-0.2, -0.15) is 0 Å². The number of H-pyrrole nitrogens is 1. The van der Waals surface area contributed by atoms with Gasteiger partial charge in [-0.05, 0) is 37.2 Å². The first-order valence-electron chi connectivity index (χ1n) is 6.96. The third kappa shape index (κ3) is 1.95. The van der Waals surface area contributed by atoms with Crippen LogP contribution in [0.4, 0.5) is 0 Å². The molecule has 0 saturated carbocycles. The van der Waals surface area contributed by atoms with E-state index in [1.807, 2.05) is 7.05 Å². The molecule has 1 fully saturated rings. The van der Waals surface area contributed by atoms with E-state index in [4.69, 9.17) is 4.74 Å². The van der Waals surface area contributed by atoms with E-state index in [2.05, 4.69) is 40.4 Å². The Bertz CT molecular complexity index is 559. The molecule has 4 nitrogen and oxygen atoms in total. The number of nitrogens with one attached hydrogen (secondary N) is 2. The van der Waals surface area contributed by atoms with Crippen molar-refractivity contribution < 1.29 is 4.74 Å². The van der Waals surface area contributed by atoms with Gasteiger partial charge < -0.3 is 15.0 Å². The molecule has 0 amide bonds. The molecule has 0 bridgehead atoms. The minimum Gasteiger partial charge on any atom is -0.379 e. The highest BCUT2D eigenvalue weighted by Gasteiger charge is 2.46. The van der Waals surface area contributed by atoms with Crippen LogP contribution in [0.5, 0.6) is 0 Å².